The van der Waals surface area contributed by atoms with E-state index in [-0.39, 0.29) is 0 Å². The van der Waals surface area contributed by atoms with Crippen LogP contribution in [0.25, 0.3) is 74.4 Å². The number of hydrogen-bond donors (Lipinski definition) is 0. The molecule has 0 amide bonds. The monoisotopic (exact) mass is 705 g/mol. The van der Waals surface area contributed by atoms with Gasteiger partial charge >= 0.3 is 0 Å². The fraction of sp³-hybridized carbons (Fsp3) is 0.0385. The lowest BCUT2D eigenvalue weighted by Gasteiger charge is -2.28. The van der Waals surface area contributed by atoms with Gasteiger partial charge in [-0.2, -0.15) is 0 Å². The summed E-state index contributed by atoms with van der Waals surface area (Å²) < 4.78 is 2.66. The third-order valence-electron chi connectivity index (χ3n) is 11.3. The van der Waals surface area contributed by atoms with Crippen molar-refractivity contribution in [1.29, 1.82) is 0 Å². The van der Waals surface area contributed by atoms with Gasteiger partial charge in [0.25, 0.3) is 0 Å². The van der Waals surface area contributed by atoms with Crippen LogP contribution in [0, 0.1) is 0 Å². The molecule has 1 nitrogen and oxygen atoms in total. The molecule has 0 bridgehead atoms. The van der Waals surface area contributed by atoms with E-state index in [2.05, 4.69) is 199 Å². The number of thiophene rings is 1. The predicted octanol–water partition coefficient (Wildman–Crippen LogP) is 15.4. The van der Waals surface area contributed by atoms with Gasteiger partial charge in [0.2, 0.25) is 0 Å². The molecule has 1 unspecified atom stereocenters. The number of fused-ring (bicyclic) bond motifs is 9. The first-order valence-corrected chi connectivity index (χ1v) is 19.6. The maximum absolute atomic E-state index is 2.48. The molecule has 0 radical (unpaired) electrons. The highest BCUT2D eigenvalue weighted by Crippen LogP contribution is 2.47. The molecule has 0 N–H and O–H groups in total. The van der Waals surface area contributed by atoms with Gasteiger partial charge in [-0.3, -0.25) is 0 Å². The first-order valence-electron chi connectivity index (χ1n) is 18.8. The average Bonchev–Trinajstić information content (AvgIpc) is 3.63. The van der Waals surface area contributed by atoms with Crippen LogP contribution in [0.4, 0.5) is 17.1 Å². The fourth-order valence-corrected chi connectivity index (χ4v) is 9.89. The van der Waals surface area contributed by atoms with Crippen LogP contribution in [-0.4, -0.2) is 0 Å². The molecule has 1 atom stereocenters. The lowest BCUT2D eigenvalue weighted by Crippen LogP contribution is -2.11. The lowest BCUT2D eigenvalue weighted by molar-refractivity contribution is 0.854. The van der Waals surface area contributed by atoms with E-state index in [9.17, 15) is 0 Å². The van der Waals surface area contributed by atoms with E-state index in [0.29, 0.717) is 5.92 Å². The summed E-state index contributed by atoms with van der Waals surface area (Å²) in [6, 6.07) is 63.3. The van der Waals surface area contributed by atoms with Gasteiger partial charge in [-0.1, -0.05) is 146 Å². The summed E-state index contributed by atoms with van der Waals surface area (Å²) in [7, 11) is 0. The molecule has 11 rings (SSSR count). The summed E-state index contributed by atoms with van der Waals surface area (Å²) in [6.45, 7) is 0. The molecular weight excluding hydrogens is 671 g/mol. The molecule has 2 heteroatoms. The van der Waals surface area contributed by atoms with Crippen LogP contribution in [0.5, 0.6) is 0 Å². The van der Waals surface area contributed by atoms with Crippen LogP contribution in [0.3, 0.4) is 0 Å². The van der Waals surface area contributed by atoms with Gasteiger partial charge in [0.1, 0.15) is 0 Å². The van der Waals surface area contributed by atoms with Gasteiger partial charge in [0.05, 0.1) is 5.69 Å². The largest absolute Gasteiger partial charge is 0.310 e. The zero-order chi connectivity index (χ0) is 35.6. The van der Waals surface area contributed by atoms with Gasteiger partial charge in [-0.05, 0) is 104 Å². The molecule has 0 aliphatic heterocycles. The normalized spacial score (nSPS) is 14.3. The zero-order valence-corrected chi connectivity index (χ0v) is 30.4. The Morgan fingerprint density at radius 1 is 0.463 bits per heavy atom. The second-order valence-electron chi connectivity index (χ2n) is 14.4. The molecule has 54 heavy (non-hydrogen) atoms. The van der Waals surface area contributed by atoms with E-state index < -0.39 is 0 Å². The predicted molar refractivity (Wildman–Crippen MR) is 235 cm³/mol. The van der Waals surface area contributed by atoms with Crippen molar-refractivity contribution >= 4 is 91.7 Å². The number of anilines is 3. The topological polar surface area (TPSA) is 3.24 Å². The first-order chi connectivity index (χ1) is 26.8. The molecule has 1 aliphatic rings. The van der Waals surface area contributed by atoms with Crippen LogP contribution in [-0.2, 0) is 0 Å². The Kier molecular flexibility index (Phi) is 7.24. The summed E-state index contributed by atoms with van der Waals surface area (Å²) in [5, 5.41) is 12.7. The third-order valence-corrected chi connectivity index (χ3v) is 12.5. The van der Waals surface area contributed by atoms with Crippen molar-refractivity contribution in [3.63, 3.8) is 0 Å². The van der Waals surface area contributed by atoms with Crippen molar-refractivity contribution in [2.75, 3.05) is 4.90 Å². The highest BCUT2D eigenvalue weighted by molar-refractivity contribution is 7.26. The number of allylic oxidation sites excluding steroid dienone is 4. The molecule has 0 spiro atoms. The van der Waals surface area contributed by atoms with Gasteiger partial charge < -0.3 is 4.90 Å². The van der Waals surface area contributed by atoms with E-state index in [1.165, 1.54) is 85.6 Å². The zero-order valence-electron chi connectivity index (χ0n) is 29.6. The Balaban J connectivity index is 1.13. The van der Waals surface area contributed by atoms with Crippen LogP contribution in [0.2, 0.25) is 0 Å². The third kappa shape index (κ3) is 5.06. The summed E-state index contributed by atoms with van der Waals surface area (Å²) in [5.74, 6) is 0.400. The number of hydrogen-bond acceptors (Lipinski definition) is 2. The van der Waals surface area contributed by atoms with Gasteiger partial charge in [-0.25, -0.2) is 0 Å². The van der Waals surface area contributed by atoms with Crippen LogP contribution in [0.15, 0.2) is 194 Å². The first kappa shape index (κ1) is 31.1. The quantitative estimate of drug-likeness (QED) is 0.161. The SMILES string of the molecule is C1=CCC(c2ccc(N(c3ccc4ccc(-c5cc6ccccc6c6ccccc56)cc4c3)c3cc4c5ccccc5sc4c4ccccc34)cc2)C=C1. The van der Waals surface area contributed by atoms with E-state index >= 15 is 0 Å². The minimum absolute atomic E-state index is 0.400. The molecule has 0 saturated heterocycles. The van der Waals surface area contributed by atoms with Crippen molar-refractivity contribution in [1.82, 2.24) is 0 Å². The molecule has 254 valence electrons. The summed E-state index contributed by atoms with van der Waals surface area (Å²) >= 11 is 1.89. The van der Waals surface area contributed by atoms with Gasteiger partial charge in [-0.15, -0.1) is 11.3 Å². The minimum atomic E-state index is 0.400. The smallest absolute Gasteiger partial charge is 0.0547 e. The maximum atomic E-state index is 2.48. The average molecular weight is 706 g/mol. The number of benzene rings is 9. The van der Waals surface area contributed by atoms with Crippen molar-refractivity contribution < 1.29 is 0 Å². The second kappa shape index (κ2) is 12.6. The molecule has 9 aromatic carbocycles. The molecule has 1 heterocycles. The number of nitrogens with zero attached hydrogens (tertiary/aromatic N) is 1. The molecular formula is C52H35NS. The lowest BCUT2D eigenvalue weighted by atomic mass is 9.92. The van der Waals surface area contributed by atoms with E-state index in [1.807, 2.05) is 11.3 Å². The minimum Gasteiger partial charge on any atom is -0.310 e. The van der Waals surface area contributed by atoms with Crippen molar-refractivity contribution in [2.24, 2.45) is 0 Å². The molecule has 0 saturated carbocycles. The Morgan fingerprint density at radius 2 is 1.17 bits per heavy atom. The van der Waals surface area contributed by atoms with Crippen LogP contribution < -0.4 is 4.90 Å². The molecule has 1 aliphatic carbocycles. The highest BCUT2D eigenvalue weighted by atomic mass is 32.1. The molecule has 1 aromatic heterocycles. The van der Waals surface area contributed by atoms with Crippen molar-refractivity contribution in [3.05, 3.63) is 200 Å². The van der Waals surface area contributed by atoms with Crippen molar-refractivity contribution in [3.8, 4) is 11.1 Å². The molecule has 0 fully saturated rings. The molecule has 10 aromatic rings. The van der Waals surface area contributed by atoms with Crippen molar-refractivity contribution in [2.45, 2.75) is 12.3 Å². The summed E-state index contributed by atoms with van der Waals surface area (Å²) in [4.78, 5) is 2.48. The van der Waals surface area contributed by atoms with E-state index in [1.54, 1.807) is 0 Å². The Hall–Kier alpha value is -6.48. The maximum Gasteiger partial charge on any atom is 0.0547 e. The fourth-order valence-electron chi connectivity index (χ4n) is 8.67. The van der Waals surface area contributed by atoms with Crippen LogP contribution >= 0.6 is 11.3 Å². The Morgan fingerprint density at radius 3 is 2.00 bits per heavy atom. The second-order valence-corrected chi connectivity index (χ2v) is 15.5. The van der Waals surface area contributed by atoms with Gasteiger partial charge in [0, 0.05) is 48.2 Å². The summed E-state index contributed by atoms with van der Waals surface area (Å²) in [5.41, 5.74) is 7.30. The highest BCUT2D eigenvalue weighted by Gasteiger charge is 2.21. The standard InChI is InChI=1S/C52H35NS/c1-2-12-34(13-3-1)35-24-27-40(28-25-35)53(50-33-49-46-19-10-11-21-51(46)54-52(49)47-20-9-8-18-45(47)50)41-29-26-36-22-23-38(30-39(36)31-41)48-32-37-14-4-5-15-42(37)43-16-6-7-17-44(43)48/h1-12,14-34H,13H2. The van der Waals surface area contributed by atoms with Crippen LogP contribution in [0.1, 0.15) is 17.9 Å². The van der Waals surface area contributed by atoms with Gasteiger partial charge in [0.15, 0.2) is 0 Å². The van der Waals surface area contributed by atoms with E-state index in [4.69, 9.17) is 0 Å². The summed E-state index contributed by atoms with van der Waals surface area (Å²) in [6.07, 6.45) is 9.93. The Labute approximate surface area is 318 Å². The number of rotatable bonds is 5. The Bertz CT molecular complexity index is 3140. The van der Waals surface area contributed by atoms with E-state index in [0.717, 1.165) is 17.8 Å².